The van der Waals surface area contributed by atoms with Crippen molar-refractivity contribution in [2.75, 3.05) is 23.4 Å². The molecule has 0 unspecified atom stereocenters. The second kappa shape index (κ2) is 5.66. The number of anilines is 3. The van der Waals surface area contributed by atoms with Crippen molar-refractivity contribution in [2.45, 2.75) is 24.8 Å². The van der Waals surface area contributed by atoms with E-state index in [2.05, 4.69) is 31.7 Å². The number of nitrogens with zero attached hydrogens (tertiary/aromatic N) is 3. The van der Waals surface area contributed by atoms with Crippen LogP contribution < -0.4 is 16.4 Å². The minimum Gasteiger partial charge on any atom is -0.381 e. The molecular weight excluding hydrogens is 308 g/mol. The molecule has 1 fully saturated rings. The summed E-state index contributed by atoms with van der Waals surface area (Å²) >= 11 is 1.70. The molecule has 1 aromatic carbocycles. The number of para-hydroxylation sites is 1. The Morgan fingerprint density at radius 1 is 1.22 bits per heavy atom. The number of aromatic nitrogens is 3. The lowest BCUT2D eigenvalue weighted by Gasteiger charge is -2.35. The van der Waals surface area contributed by atoms with Crippen LogP contribution in [-0.2, 0) is 0 Å². The van der Waals surface area contributed by atoms with E-state index >= 15 is 0 Å². The summed E-state index contributed by atoms with van der Waals surface area (Å²) in [4.78, 5) is 13.4. The second-order valence-corrected chi connectivity index (χ2v) is 6.81. The standard InChI is InChI=1S/C16H18N6S/c1-18-15-14(17)19-8-12(21-15)9-6-10(7-9)20-16-22-11-4-2-3-5-13(11)23-16/h2-5,8-10H,6-7H2,1H3,(H2,17,19)(H,18,21)(H,20,22)/t9-,10+. The normalized spacial score (nSPS) is 20.2. The third-order valence-electron chi connectivity index (χ3n) is 4.23. The van der Waals surface area contributed by atoms with Crippen LogP contribution in [0.25, 0.3) is 10.2 Å². The number of nitrogens with one attached hydrogen (secondary N) is 2. The van der Waals surface area contributed by atoms with Crippen LogP contribution in [0.4, 0.5) is 16.8 Å². The fourth-order valence-corrected chi connectivity index (χ4v) is 3.82. The van der Waals surface area contributed by atoms with E-state index in [1.165, 1.54) is 4.70 Å². The molecule has 1 saturated carbocycles. The third kappa shape index (κ3) is 2.68. The van der Waals surface area contributed by atoms with Crippen LogP contribution in [0.15, 0.2) is 30.5 Å². The fraction of sp³-hybridized carbons (Fsp3) is 0.312. The molecule has 118 valence electrons. The SMILES string of the molecule is CNc1nc([C@H]2C[C@@H](Nc3nc4ccccc4s3)C2)cnc1N. The van der Waals surface area contributed by atoms with Gasteiger partial charge in [0.05, 0.1) is 22.1 Å². The molecule has 0 bridgehead atoms. The van der Waals surface area contributed by atoms with E-state index in [1.807, 2.05) is 25.2 Å². The molecule has 23 heavy (non-hydrogen) atoms. The van der Waals surface area contributed by atoms with Crippen LogP contribution in [0.3, 0.4) is 0 Å². The number of nitrogen functional groups attached to an aromatic ring is 1. The Bertz CT molecular complexity index is 806. The van der Waals surface area contributed by atoms with Gasteiger partial charge in [0.15, 0.2) is 16.8 Å². The van der Waals surface area contributed by atoms with Gasteiger partial charge >= 0.3 is 0 Å². The molecule has 0 aliphatic heterocycles. The molecule has 0 spiro atoms. The van der Waals surface area contributed by atoms with Gasteiger partial charge in [0.2, 0.25) is 0 Å². The summed E-state index contributed by atoms with van der Waals surface area (Å²) in [5, 5.41) is 7.50. The molecular formula is C16H18N6S. The number of thiazole rings is 1. The highest BCUT2D eigenvalue weighted by molar-refractivity contribution is 7.22. The predicted molar refractivity (Wildman–Crippen MR) is 95.0 cm³/mol. The molecule has 0 atom stereocenters. The number of rotatable bonds is 4. The average Bonchev–Trinajstić information content (AvgIpc) is 2.94. The molecule has 3 aromatic rings. The summed E-state index contributed by atoms with van der Waals surface area (Å²) in [5.41, 5.74) is 7.83. The Labute approximate surface area is 138 Å². The van der Waals surface area contributed by atoms with Crippen molar-refractivity contribution in [3.8, 4) is 0 Å². The van der Waals surface area contributed by atoms with Crippen LogP contribution in [-0.4, -0.2) is 28.0 Å². The summed E-state index contributed by atoms with van der Waals surface area (Å²) in [6.45, 7) is 0. The van der Waals surface area contributed by atoms with E-state index in [0.717, 1.165) is 29.2 Å². The molecule has 0 amide bonds. The van der Waals surface area contributed by atoms with Crippen LogP contribution >= 0.6 is 11.3 Å². The zero-order chi connectivity index (χ0) is 15.8. The van der Waals surface area contributed by atoms with Gasteiger partial charge in [-0.3, -0.25) is 0 Å². The fourth-order valence-electron chi connectivity index (χ4n) is 2.88. The van der Waals surface area contributed by atoms with Gasteiger partial charge in [-0.1, -0.05) is 23.5 Å². The van der Waals surface area contributed by atoms with Gasteiger partial charge in [-0.2, -0.15) is 0 Å². The first-order valence-electron chi connectivity index (χ1n) is 7.65. The van der Waals surface area contributed by atoms with Gasteiger partial charge in [-0.15, -0.1) is 0 Å². The van der Waals surface area contributed by atoms with E-state index in [0.29, 0.717) is 23.6 Å². The smallest absolute Gasteiger partial charge is 0.184 e. The lowest BCUT2D eigenvalue weighted by atomic mass is 9.78. The minimum absolute atomic E-state index is 0.432. The summed E-state index contributed by atoms with van der Waals surface area (Å²) < 4.78 is 1.22. The van der Waals surface area contributed by atoms with Crippen LogP contribution in [0, 0.1) is 0 Å². The van der Waals surface area contributed by atoms with Gasteiger partial charge < -0.3 is 16.4 Å². The van der Waals surface area contributed by atoms with Crippen molar-refractivity contribution in [2.24, 2.45) is 0 Å². The molecule has 1 aliphatic carbocycles. The number of hydrogen-bond acceptors (Lipinski definition) is 7. The zero-order valence-electron chi connectivity index (χ0n) is 12.8. The molecule has 2 aromatic heterocycles. The van der Waals surface area contributed by atoms with Crippen molar-refractivity contribution >= 4 is 38.3 Å². The zero-order valence-corrected chi connectivity index (χ0v) is 13.6. The first kappa shape index (κ1) is 14.2. The highest BCUT2D eigenvalue weighted by Crippen LogP contribution is 2.39. The lowest BCUT2D eigenvalue weighted by Crippen LogP contribution is -2.34. The van der Waals surface area contributed by atoms with E-state index in [9.17, 15) is 0 Å². The maximum Gasteiger partial charge on any atom is 0.184 e. The van der Waals surface area contributed by atoms with Crippen LogP contribution in [0.2, 0.25) is 0 Å². The maximum absolute atomic E-state index is 5.77. The van der Waals surface area contributed by atoms with Crippen molar-refractivity contribution < 1.29 is 0 Å². The van der Waals surface area contributed by atoms with Gasteiger partial charge in [-0.25, -0.2) is 15.0 Å². The van der Waals surface area contributed by atoms with Crippen LogP contribution in [0.5, 0.6) is 0 Å². The van der Waals surface area contributed by atoms with Gasteiger partial charge in [0.1, 0.15) is 0 Å². The third-order valence-corrected chi connectivity index (χ3v) is 5.20. The van der Waals surface area contributed by atoms with E-state index in [4.69, 9.17) is 5.73 Å². The first-order valence-corrected chi connectivity index (χ1v) is 8.47. The van der Waals surface area contributed by atoms with Gasteiger partial charge in [-0.05, 0) is 25.0 Å². The molecule has 0 radical (unpaired) electrons. The maximum atomic E-state index is 5.77. The molecule has 1 aliphatic rings. The highest BCUT2D eigenvalue weighted by Gasteiger charge is 2.32. The number of nitrogens with two attached hydrogens (primary N) is 1. The van der Waals surface area contributed by atoms with Crippen molar-refractivity contribution in [1.29, 1.82) is 0 Å². The molecule has 2 heterocycles. The Balaban J connectivity index is 1.41. The largest absolute Gasteiger partial charge is 0.381 e. The van der Waals surface area contributed by atoms with Gasteiger partial charge in [0, 0.05) is 19.0 Å². The van der Waals surface area contributed by atoms with Crippen molar-refractivity contribution in [3.63, 3.8) is 0 Å². The molecule has 6 nitrogen and oxygen atoms in total. The van der Waals surface area contributed by atoms with Crippen molar-refractivity contribution in [3.05, 3.63) is 36.2 Å². The minimum atomic E-state index is 0.432. The van der Waals surface area contributed by atoms with E-state index in [1.54, 1.807) is 17.5 Å². The number of benzene rings is 1. The molecule has 4 rings (SSSR count). The molecule has 7 heteroatoms. The Hall–Kier alpha value is -2.41. The lowest BCUT2D eigenvalue weighted by molar-refractivity contribution is 0.366. The number of hydrogen-bond donors (Lipinski definition) is 3. The van der Waals surface area contributed by atoms with Gasteiger partial charge in [0.25, 0.3) is 0 Å². The Morgan fingerprint density at radius 2 is 2.04 bits per heavy atom. The Morgan fingerprint density at radius 3 is 2.83 bits per heavy atom. The molecule has 0 saturated heterocycles. The topological polar surface area (TPSA) is 88.8 Å². The van der Waals surface area contributed by atoms with Crippen LogP contribution in [0.1, 0.15) is 24.5 Å². The first-order chi connectivity index (χ1) is 11.2. The molecule has 4 N–H and O–H groups in total. The van der Waals surface area contributed by atoms with Crippen molar-refractivity contribution in [1.82, 2.24) is 15.0 Å². The summed E-state index contributed by atoms with van der Waals surface area (Å²) in [7, 11) is 1.81. The second-order valence-electron chi connectivity index (χ2n) is 5.78. The van der Waals surface area contributed by atoms with E-state index in [-0.39, 0.29) is 0 Å². The Kier molecular flexibility index (Phi) is 3.49. The number of fused-ring (bicyclic) bond motifs is 1. The monoisotopic (exact) mass is 326 g/mol. The van der Waals surface area contributed by atoms with E-state index < -0.39 is 0 Å². The summed E-state index contributed by atoms with van der Waals surface area (Å²) in [6, 6.07) is 8.65. The summed E-state index contributed by atoms with van der Waals surface area (Å²) in [6.07, 6.45) is 3.87. The highest BCUT2D eigenvalue weighted by atomic mass is 32.1. The summed E-state index contributed by atoms with van der Waals surface area (Å²) in [5.74, 6) is 1.53. The predicted octanol–water partition coefficient (Wildman–Crippen LogP) is 3.07. The quantitative estimate of drug-likeness (QED) is 0.683. The average molecular weight is 326 g/mol.